The van der Waals surface area contributed by atoms with E-state index in [0.29, 0.717) is 52.6 Å². The zero-order valence-corrected chi connectivity index (χ0v) is 40.5. The molecule has 4 aromatic carbocycles. The predicted octanol–water partition coefficient (Wildman–Crippen LogP) is 2.50. The minimum Gasteiger partial charge on any atom is -0.497 e. The number of aromatic nitrogens is 1. The van der Waals surface area contributed by atoms with Gasteiger partial charge in [0.2, 0.25) is 5.88 Å². The van der Waals surface area contributed by atoms with Crippen molar-refractivity contribution in [3.05, 3.63) is 147 Å². The van der Waals surface area contributed by atoms with Crippen LogP contribution in [0.2, 0.25) is 0 Å². The summed E-state index contributed by atoms with van der Waals surface area (Å²) in [6.45, 7) is 0.643. The number of halogens is 2. The van der Waals surface area contributed by atoms with Crippen molar-refractivity contribution in [1.82, 2.24) is 35.2 Å². The highest BCUT2D eigenvalue weighted by molar-refractivity contribution is 9.10. The van der Waals surface area contributed by atoms with Crippen molar-refractivity contribution in [3.63, 3.8) is 0 Å². The Balaban J connectivity index is 0.000000184. The van der Waals surface area contributed by atoms with Crippen molar-refractivity contribution in [1.29, 1.82) is 0 Å². The Bertz CT molecular complexity index is 2870. The van der Waals surface area contributed by atoms with E-state index in [2.05, 4.69) is 31.5 Å². The molecule has 4 aliphatic heterocycles. The van der Waals surface area contributed by atoms with Gasteiger partial charge in [0, 0.05) is 107 Å². The Hall–Kier alpha value is -6.82. The van der Waals surface area contributed by atoms with Gasteiger partial charge in [-0.2, -0.15) is 0 Å². The van der Waals surface area contributed by atoms with Gasteiger partial charge in [-0.05, 0) is 76.9 Å². The average molecular weight is 1010 g/mol. The summed E-state index contributed by atoms with van der Waals surface area (Å²) in [5, 5.41) is 5.58. The van der Waals surface area contributed by atoms with E-state index in [0.717, 1.165) is 31.6 Å². The fourth-order valence-corrected chi connectivity index (χ4v) is 8.55. The van der Waals surface area contributed by atoms with Crippen LogP contribution in [-0.2, 0) is 33.8 Å². The van der Waals surface area contributed by atoms with Gasteiger partial charge in [0.25, 0.3) is 23.6 Å². The summed E-state index contributed by atoms with van der Waals surface area (Å²) in [7, 11) is 31.7. The second-order valence-corrected chi connectivity index (χ2v) is 17.9. The number of likely N-dealkylation sites (N-methyl/N-ethyl adjacent to an activating group) is 2. The molecule has 0 aliphatic carbocycles. The molecule has 5 aromatic rings. The van der Waals surface area contributed by atoms with Crippen LogP contribution < -0.4 is 24.8 Å². The van der Waals surface area contributed by atoms with E-state index < -0.39 is 54.0 Å². The van der Waals surface area contributed by atoms with Crippen LogP contribution in [0.4, 0.5) is 14.0 Å². The topological polar surface area (TPSA) is 180 Å². The van der Waals surface area contributed by atoms with Gasteiger partial charge in [-0.3, -0.25) is 29.0 Å². The average Bonchev–Trinajstić information content (AvgIpc) is 3.99. The van der Waals surface area contributed by atoms with E-state index in [4.69, 9.17) is 52.9 Å². The van der Waals surface area contributed by atoms with Crippen LogP contribution in [0.3, 0.4) is 0 Å². The van der Waals surface area contributed by atoms with E-state index in [1.165, 1.54) is 38.2 Å². The molecule has 2 fully saturated rings. The van der Waals surface area contributed by atoms with E-state index in [1.807, 2.05) is 12.1 Å². The molecule has 0 saturated carbocycles. The van der Waals surface area contributed by atoms with Crippen LogP contribution in [0.5, 0.6) is 23.1 Å². The number of benzene rings is 4. The standard InChI is InChI=1S/C25H21FN4O5.C20H18BrN3O4.B8/c1-29-23(32)25(28-24(29)33,14-30-13-15-3-7-19(34-2)11-20(15)22(30)31)16-4-8-18(9-5-16)35-21-10-6-17(26)12-27-21;1-23-18(26)20(22-19(23)27,13-4-6-14(21)7-5-13)11-24-10-12-3-8-15(28-2)9-16(12)17(24)25;1-6(2)8(5)7(3)4/h3-12H,13-14H2,1-2H3,(H,28,33);3-9H,10-11H2,1-2H3,(H,22,27);/t25-;20-;/m00./s1. The van der Waals surface area contributed by atoms with Gasteiger partial charge in [-0.15, -0.1) is 0 Å². The minimum absolute atomic E-state index is 0.0410. The summed E-state index contributed by atoms with van der Waals surface area (Å²) in [5.41, 5.74) is 1.04. The molecule has 16 nitrogen and oxygen atoms in total. The van der Waals surface area contributed by atoms with Crippen molar-refractivity contribution in [3.8, 4) is 23.1 Å². The number of nitrogens with one attached hydrogen (secondary N) is 2. The third kappa shape index (κ3) is 10.6. The van der Waals surface area contributed by atoms with Crippen molar-refractivity contribution >= 4 is 109 Å². The van der Waals surface area contributed by atoms with Crippen LogP contribution in [0.1, 0.15) is 43.0 Å². The van der Waals surface area contributed by atoms with Crippen LogP contribution in [0.25, 0.3) is 0 Å². The first-order chi connectivity index (χ1) is 33.7. The predicted molar refractivity (Wildman–Crippen MR) is 272 cm³/mol. The number of urea groups is 2. The summed E-state index contributed by atoms with van der Waals surface area (Å²) in [6.07, 6.45) is -0.734. The number of fused-ring (bicyclic) bond motifs is 2. The number of nitrogens with zero attached hydrogens (tertiary/aromatic N) is 5. The van der Waals surface area contributed by atoms with Gasteiger partial charge in [-0.25, -0.2) is 19.0 Å². The first kappa shape index (κ1) is 52.0. The minimum atomic E-state index is -1.47. The lowest BCUT2D eigenvalue weighted by Crippen LogP contribution is -2.52. The Morgan fingerprint density at radius 3 is 1.41 bits per heavy atom. The molecule has 0 bridgehead atoms. The molecule has 2 saturated heterocycles. The first-order valence-electron chi connectivity index (χ1n) is 21.8. The third-order valence-corrected chi connectivity index (χ3v) is 12.9. The van der Waals surface area contributed by atoms with Crippen LogP contribution >= 0.6 is 15.9 Å². The van der Waals surface area contributed by atoms with Gasteiger partial charge in [0.1, 0.15) is 23.1 Å². The molecule has 10 radical (unpaired) electrons. The number of carbonyl (C=O) groups is 6. The molecular formula is C45H39B8BrFN7O9. The second-order valence-electron chi connectivity index (χ2n) is 16.9. The molecule has 1 aromatic heterocycles. The van der Waals surface area contributed by atoms with E-state index in [-0.39, 0.29) is 36.7 Å². The number of rotatable bonds is 12. The number of carbonyl (C=O) groups excluding carboxylic acids is 6. The van der Waals surface area contributed by atoms with Crippen molar-refractivity contribution < 1.29 is 47.4 Å². The van der Waals surface area contributed by atoms with Crippen molar-refractivity contribution in [2.45, 2.75) is 24.2 Å². The maximum absolute atomic E-state index is 13.3. The quantitative estimate of drug-likeness (QED) is 0.139. The number of hydrogen-bond acceptors (Lipinski definition) is 10. The van der Waals surface area contributed by atoms with Crippen LogP contribution in [0.15, 0.2) is 108 Å². The summed E-state index contributed by atoms with van der Waals surface area (Å²) in [6, 6.07) is 25.9. The molecule has 71 heavy (non-hydrogen) atoms. The number of pyridine rings is 1. The maximum atomic E-state index is 13.3. The van der Waals surface area contributed by atoms with E-state index in [9.17, 15) is 33.2 Å². The lowest BCUT2D eigenvalue weighted by Gasteiger charge is -2.31. The lowest BCUT2D eigenvalue weighted by atomic mass is 8.68. The zero-order chi connectivity index (χ0) is 51.5. The van der Waals surface area contributed by atoms with Gasteiger partial charge in [-0.1, -0.05) is 52.3 Å². The SMILES string of the molecule is COc1ccc2c(c1)C(=O)N(C[C@@]1(c3ccc(Br)cc3)NC(=O)N(C)C1=O)C2.COc1ccc2c(c1)C(=O)N(C[C@@]1(c3ccc(Oc4ccc(F)cn4)cc3)NC(=O)N(C)C1=O)C2.[B]B([B])B([B])B([B])[B]. The van der Waals surface area contributed by atoms with Crippen LogP contribution in [-0.4, -0.2) is 160 Å². The highest BCUT2D eigenvalue weighted by Crippen LogP contribution is 2.37. The molecule has 8 amide bonds. The van der Waals surface area contributed by atoms with Gasteiger partial charge in [0.15, 0.2) is 11.1 Å². The smallest absolute Gasteiger partial charge is 0.325 e. The molecule has 0 spiro atoms. The number of ether oxygens (including phenoxy) is 3. The fourth-order valence-electron chi connectivity index (χ4n) is 8.29. The highest BCUT2D eigenvalue weighted by atomic mass is 79.9. The third-order valence-electron chi connectivity index (χ3n) is 12.3. The van der Waals surface area contributed by atoms with Crippen molar-refractivity contribution in [2.24, 2.45) is 0 Å². The normalized spacial score (nSPS) is 18.7. The summed E-state index contributed by atoms with van der Waals surface area (Å²) in [5.74, 6) is -0.0182. The summed E-state index contributed by atoms with van der Waals surface area (Å²) < 4.78 is 30.0. The Morgan fingerprint density at radius 1 is 0.634 bits per heavy atom. The molecule has 2 N–H and O–H groups in total. The highest BCUT2D eigenvalue weighted by Gasteiger charge is 2.54. The monoisotopic (exact) mass is 1010 g/mol. The molecule has 4 aliphatic rings. The lowest BCUT2D eigenvalue weighted by molar-refractivity contribution is -0.132. The molecule has 0 unspecified atom stereocenters. The number of hydrogen-bond donors (Lipinski definition) is 2. The largest absolute Gasteiger partial charge is 0.497 e. The molecule has 9 rings (SSSR count). The van der Waals surface area contributed by atoms with Crippen LogP contribution in [0, 0.1) is 5.82 Å². The number of amides is 8. The maximum Gasteiger partial charge on any atom is 0.325 e. The summed E-state index contributed by atoms with van der Waals surface area (Å²) in [4.78, 5) is 86.3. The zero-order valence-electron chi connectivity index (χ0n) is 38.9. The fraction of sp³-hybridized carbons (Fsp3) is 0.222. The molecule has 2 atom stereocenters. The first-order valence-corrected chi connectivity index (χ1v) is 22.6. The summed E-state index contributed by atoms with van der Waals surface area (Å²) >= 11 is 3.38. The Labute approximate surface area is 425 Å². The van der Waals surface area contributed by atoms with E-state index >= 15 is 0 Å². The van der Waals surface area contributed by atoms with Gasteiger partial charge in [0.05, 0.1) is 33.5 Å². The molecule has 26 heteroatoms. The number of methoxy groups -OCH3 is 2. The number of imide groups is 2. The molecule has 346 valence electrons. The second kappa shape index (κ2) is 21.3. The molecular weight excluding hydrogens is 968 g/mol. The van der Waals surface area contributed by atoms with E-state index in [1.54, 1.807) is 84.8 Å². The van der Waals surface area contributed by atoms with Gasteiger partial charge < -0.3 is 34.6 Å². The van der Waals surface area contributed by atoms with Crippen molar-refractivity contribution in [2.75, 3.05) is 41.4 Å². The van der Waals surface area contributed by atoms with Gasteiger partial charge >= 0.3 is 12.1 Å². The Morgan fingerprint density at radius 2 is 1.06 bits per heavy atom. The Kier molecular flexibility index (Phi) is 15.6. The molecule has 5 heterocycles.